The Kier molecular flexibility index (Phi) is 2.57. The van der Waals surface area contributed by atoms with Gasteiger partial charge in [-0.05, 0) is 43.7 Å². The molecule has 2 N–H and O–H groups in total. The predicted molar refractivity (Wildman–Crippen MR) is 75.9 cm³/mol. The van der Waals surface area contributed by atoms with Crippen molar-refractivity contribution >= 4 is 29.2 Å². The number of hydrogen-bond donors (Lipinski definition) is 2. The van der Waals surface area contributed by atoms with E-state index in [4.69, 9.17) is 11.6 Å². The molecule has 19 heavy (non-hydrogen) atoms. The monoisotopic (exact) mass is 297 g/mol. The molecule has 2 saturated carbocycles. The molecule has 0 bridgehead atoms. The SMILES string of the molecule is OCC1(Nc2nc(Cl)nc3c2SC2(CC2)C3)CCC1. The lowest BCUT2D eigenvalue weighted by atomic mass is 9.77. The van der Waals surface area contributed by atoms with E-state index in [9.17, 15) is 5.11 Å². The molecule has 3 aliphatic rings. The van der Waals surface area contributed by atoms with Crippen molar-refractivity contribution in [1.82, 2.24) is 9.97 Å². The smallest absolute Gasteiger partial charge is 0.224 e. The highest BCUT2D eigenvalue weighted by molar-refractivity contribution is 8.01. The molecule has 4 rings (SSSR count). The summed E-state index contributed by atoms with van der Waals surface area (Å²) in [5, 5.41) is 13.3. The largest absolute Gasteiger partial charge is 0.394 e. The lowest BCUT2D eigenvalue weighted by molar-refractivity contribution is 0.143. The topological polar surface area (TPSA) is 58.0 Å². The Morgan fingerprint density at radius 3 is 2.63 bits per heavy atom. The Hall–Kier alpha value is -0.520. The van der Waals surface area contributed by atoms with E-state index in [0.29, 0.717) is 10.0 Å². The van der Waals surface area contributed by atoms with Crippen LogP contribution in [0.25, 0.3) is 0 Å². The molecule has 6 heteroatoms. The zero-order valence-electron chi connectivity index (χ0n) is 10.6. The maximum atomic E-state index is 9.59. The standard InChI is InChI=1S/C13H16ClN3OS/c14-11-15-8-6-13(4-5-13)19-9(8)10(16-11)17-12(7-18)2-1-3-12/h18H,1-7H2,(H,15,16,17). The lowest BCUT2D eigenvalue weighted by Crippen LogP contribution is -2.48. The number of nitrogens with zero attached hydrogens (tertiary/aromatic N) is 2. The Bertz CT molecular complexity index is 537. The van der Waals surface area contributed by atoms with Gasteiger partial charge in [-0.3, -0.25) is 0 Å². The molecular weight excluding hydrogens is 282 g/mol. The van der Waals surface area contributed by atoms with Crippen LogP contribution in [0.3, 0.4) is 0 Å². The third-order valence-corrected chi connectivity index (χ3v) is 6.31. The van der Waals surface area contributed by atoms with Crippen LogP contribution in [0.1, 0.15) is 37.8 Å². The van der Waals surface area contributed by atoms with Crippen LogP contribution in [0.2, 0.25) is 5.28 Å². The minimum atomic E-state index is -0.189. The fraction of sp³-hybridized carbons (Fsp3) is 0.692. The lowest BCUT2D eigenvalue weighted by Gasteiger charge is -2.41. The summed E-state index contributed by atoms with van der Waals surface area (Å²) in [6.07, 6.45) is 6.68. The number of aliphatic hydroxyl groups excluding tert-OH is 1. The summed E-state index contributed by atoms with van der Waals surface area (Å²) in [7, 11) is 0. The maximum Gasteiger partial charge on any atom is 0.224 e. The average Bonchev–Trinajstić information content (AvgIpc) is 2.96. The van der Waals surface area contributed by atoms with E-state index in [1.807, 2.05) is 11.8 Å². The molecule has 2 heterocycles. The number of anilines is 1. The number of fused-ring (bicyclic) bond motifs is 1. The van der Waals surface area contributed by atoms with E-state index in [0.717, 1.165) is 42.1 Å². The van der Waals surface area contributed by atoms with Crippen molar-refractivity contribution < 1.29 is 5.11 Å². The minimum Gasteiger partial charge on any atom is -0.394 e. The van der Waals surface area contributed by atoms with Crippen molar-refractivity contribution in [2.45, 2.75) is 53.7 Å². The predicted octanol–water partition coefficient (Wildman–Crippen LogP) is 2.64. The fourth-order valence-corrected chi connectivity index (χ4v) is 4.50. The molecular formula is C13H16ClN3OS. The Morgan fingerprint density at radius 1 is 1.26 bits per heavy atom. The molecule has 0 aromatic carbocycles. The van der Waals surface area contributed by atoms with Crippen LogP contribution in [-0.4, -0.2) is 32.0 Å². The van der Waals surface area contributed by atoms with Crippen molar-refractivity contribution in [1.29, 1.82) is 0 Å². The van der Waals surface area contributed by atoms with Gasteiger partial charge in [-0.2, -0.15) is 4.98 Å². The van der Waals surface area contributed by atoms with Crippen LogP contribution in [0.5, 0.6) is 0 Å². The first kappa shape index (κ1) is 12.2. The molecule has 1 aromatic heterocycles. The summed E-state index contributed by atoms with van der Waals surface area (Å²) < 4.78 is 0.379. The van der Waals surface area contributed by atoms with Gasteiger partial charge in [0.05, 0.1) is 22.7 Å². The zero-order chi connectivity index (χ0) is 13.1. The first-order valence-corrected chi connectivity index (χ1v) is 7.98. The van der Waals surface area contributed by atoms with Gasteiger partial charge in [-0.15, -0.1) is 11.8 Å². The van der Waals surface area contributed by atoms with Gasteiger partial charge in [0.1, 0.15) is 5.82 Å². The third-order valence-electron chi connectivity index (χ3n) is 4.52. The average molecular weight is 298 g/mol. The molecule has 2 fully saturated rings. The van der Waals surface area contributed by atoms with E-state index in [1.165, 1.54) is 12.8 Å². The Labute approximate surface area is 121 Å². The zero-order valence-corrected chi connectivity index (χ0v) is 12.2. The molecule has 4 nitrogen and oxygen atoms in total. The van der Waals surface area contributed by atoms with Crippen molar-refractivity contribution in [3.05, 3.63) is 11.0 Å². The number of halogens is 1. The summed E-state index contributed by atoms with van der Waals surface area (Å²) in [6.45, 7) is 0.152. The maximum absolute atomic E-state index is 9.59. The quantitative estimate of drug-likeness (QED) is 0.840. The van der Waals surface area contributed by atoms with E-state index in [1.54, 1.807) is 0 Å². The summed E-state index contributed by atoms with van der Waals surface area (Å²) in [4.78, 5) is 9.90. The number of aromatic nitrogens is 2. The molecule has 1 aliphatic heterocycles. The van der Waals surface area contributed by atoms with Crippen molar-refractivity contribution in [3.8, 4) is 0 Å². The highest BCUT2D eigenvalue weighted by Crippen LogP contribution is 2.60. The number of thioether (sulfide) groups is 1. The van der Waals surface area contributed by atoms with E-state index >= 15 is 0 Å². The molecule has 0 atom stereocenters. The second kappa shape index (κ2) is 3.99. The number of nitrogens with one attached hydrogen (secondary N) is 1. The van der Waals surface area contributed by atoms with Crippen molar-refractivity contribution in [2.24, 2.45) is 0 Å². The number of rotatable bonds is 3. The van der Waals surface area contributed by atoms with Gasteiger partial charge in [-0.25, -0.2) is 4.98 Å². The summed E-state index contributed by atoms with van der Waals surface area (Å²) in [6, 6.07) is 0. The molecule has 2 aliphatic carbocycles. The second-order valence-electron chi connectivity index (χ2n) is 6.00. The van der Waals surface area contributed by atoms with Crippen molar-refractivity contribution in [3.63, 3.8) is 0 Å². The fourth-order valence-electron chi connectivity index (χ4n) is 2.93. The van der Waals surface area contributed by atoms with E-state index < -0.39 is 0 Å². The van der Waals surface area contributed by atoms with Gasteiger partial charge in [-0.1, -0.05) is 0 Å². The van der Waals surface area contributed by atoms with Crippen LogP contribution in [0, 0.1) is 0 Å². The van der Waals surface area contributed by atoms with Crippen molar-refractivity contribution in [2.75, 3.05) is 11.9 Å². The van der Waals surface area contributed by atoms with E-state index in [-0.39, 0.29) is 12.1 Å². The van der Waals surface area contributed by atoms with E-state index in [2.05, 4.69) is 15.3 Å². The number of aliphatic hydroxyl groups is 1. The van der Waals surface area contributed by atoms with Gasteiger partial charge < -0.3 is 10.4 Å². The Balaban J connectivity index is 1.69. The first-order valence-electron chi connectivity index (χ1n) is 6.78. The normalized spacial score (nSPS) is 24.9. The van der Waals surface area contributed by atoms with Gasteiger partial charge in [0.2, 0.25) is 5.28 Å². The summed E-state index contributed by atoms with van der Waals surface area (Å²) >= 11 is 7.94. The van der Waals surface area contributed by atoms with Crippen LogP contribution in [0.15, 0.2) is 4.90 Å². The molecule has 1 aromatic rings. The molecule has 0 radical (unpaired) electrons. The highest BCUT2D eigenvalue weighted by atomic mass is 35.5. The molecule has 1 spiro atoms. The van der Waals surface area contributed by atoms with Gasteiger partial charge in [0.25, 0.3) is 0 Å². The van der Waals surface area contributed by atoms with Crippen LogP contribution < -0.4 is 5.32 Å². The van der Waals surface area contributed by atoms with Crippen LogP contribution in [0.4, 0.5) is 5.82 Å². The molecule has 0 unspecified atom stereocenters. The highest BCUT2D eigenvalue weighted by Gasteiger charge is 2.50. The first-order chi connectivity index (χ1) is 9.14. The van der Waals surface area contributed by atoms with Gasteiger partial charge >= 0.3 is 0 Å². The second-order valence-corrected chi connectivity index (χ2v) is 7.81. The van der Waals surface area contributed by atoms with Crippen LogP contribution in [-0.2, 0) is 6.42 Å². The van der Waals surface area contributed by atoms with Crippen LogP contribution >= 0.6 is 23.4 Å². The third kappa shape index (κ3) is 1.94. The summed E-state index contributed by atoms with van der Waals surface area (Å²) in [5.41, 5.74) is 0.892. The summed E-state index contributed by atoms with van der Waals surface area (Å²) in [5.74, 6) is 0.831. The Morgan fingerprint density at radius 2 is 2.05 bits per heavy atom. The molecule has 102 valence electrons. The number of hydrogen-bond acceptors (Lipinski definition) is 5. The van der Waals surface area contributed by atoms with Gasteiger partial charge in [0, 0.05) is 11.2 Å². The minimum absolute atomic E-state index is 0.152. The molecule has 0 amide bonds. The molecule has 0 saturated heterocycles. The van der Waals surface area contributed by atoms with Gasteiger partial charge in [0.15, 0.2) is 0 Å².